The van der Waals surface area contributed by atoms with E-state index in [2.05, 4.69) is 29.5 Å². The number of rotatable bonds is 9. The standard InChI is InChI=1S/C17H30N4O2/c1-3-18-17(20-12-15-7-9-21(2)13-15)19-8-5-10-22-14-16-6-4-11-23-16/h4,6,11,15H,3,5,7-10,12-14H2,1-2H3,(H2,18,19,20). The van der Waals surface area contributed by atoms with Gasteiger partial charge >= 0.3 is 0 Å². The summed E-state index contributed by atoms with van der Waals surface area (Å²) in [4.78, 5) is 7.07. The zero-order chi connectivity index (χ0) is 16.3. The van der Waals surface area contributed by atoms with E-state index in [-0.39, 0.29) is 0 Å². The second-order valence-electron chi connectivity index (χ2n) is 6.05. The molecule has 1 fully saturated rings. The van der Waals surface area contributed by atoms with Crippen molar-refractivity contribution in [3.05, 3.63) is 24.2 Å². The molecule has 6 nitrogen and oxygen atoms in total. The molecular weight excluding hydrogens is 292 g/mol. The van der Waals surface area contributed by atoms with E-state index < -0.39 is 0 Å². The first kappa shape index (κ1) is 17.8. The lowest BCUT2D eigenvalue weighted by Crippen LogP contribution is -2.38. The van der Waals surface area contributed by atoms with Crippen molar-refractivity contribution >= 4 is 5.96 Å². The molecule has 1 aromatic heterocycles. The van der Waals surface area contributed by atoms with Gasteiger partial charge in [0.15, 0.2) is 5.96 Å². The molecule has 0 amide bonds. The van der Waals surface area contributed by atoms with Crippen molar-refractivity contribution in [2.24, 2.45) is 10.9 Å². The fourth-order valence-corrected chi connectivity index (χ4v) is 2.69. The van der Waals surface area contributed by atoms with Crippen LogP contribution in [0.1, 0.15) is 25.5 Å². The zero-order valence-electron chi connectivity index (χ0n) is 14.4. The predicted octanol–water partition coefficient (Wildman–Crippen LogP) is 1.69. The van der Waals surface area contributed by atoms with Crippen LogP contribution in [0, 0.1) is 5.92 Å². The SMILES string of the molecule is CCNC(=NCC1CCN(C)C1)NCCCOCc1ccco1. The normalized spacial score (nSPS) is 19.2. The Morgan fingerprint density at radius 1 is 1.48 bits per heavy atom. The molecule has 1 aliphatic rings. The van der Waals surface area contributed by atoms with Crippen molar-refractivity contribution in [2.75, 3.05) is 46.4 Å². The van der Waals surface area contributed by atoms with Crippen LogP contribution in [0.5, 0.6) is 0 Å². The van der Waals surface area contributed by atoms with Crippen LogP contribution in [0.4, 0.5) is 0 Å². The Kier molecular flexibility index (Phi) is 7.97. The first-order chi connectivity index (χ1) is 11.3. The highest BCUT2D eigenvalue weighted by atomic mass is 16.5. The minimum atomic E-state index is 0.538. The molecule has 0 aromatic carbocycles. The molecule has 0 spiro atoms. The second-order valence-corrected chi connectivity index (χ2v) is 6.05. The Hall–Kier alpha value is -1.53. The van der Waals surface area contributed by atoms with Gasteiger partial charge in [0.05, 0.1) is 6.26 Å². The van der Waals surface area contributed by atoms with Crippen LogP contribution < -0.4 is 10.6 Å². The van der Waals surface area contributed by atoms with E-state index in [1.54, 1.807) is 6.26 Å². The lowest BCUT2D eigenvalue weighted by atomic mass is 10.1. The maximum atomic E-state index is 5.57. The van der Waals surface area contributed by atoms with Gasteiger partial charge in [-0.3, -0.25) is 4.99 Å². The lowest BCUT2D eigenvalue weighted by Gasteiger charge is -2.13. The summed E-state index contributed by atoms with van der Waals surface area (Å²) in [5, 5.41) is 6.67. The van der Waals surface area contributed by atoms with E-state index in [9.17, 15) is 0 Å². The van der Waals surface area contributed by atoms with Crippen molar-refractivity contribution in [2.45, 2.75) is 26.4 Å². The van der Waals surface area contributed by atoms with E-state index in [1.807, 2.05) is 12.1 Å². The summed E-state index contributed by atoms with van der Waals surface area (Å²) < 4.78 is 10.8. The minimum Gasteiger partial charge on any atom is -0.467 e. The highest BCUT2D eigenvalue weighted by molar-refractivity contribution is 5.79. The molecule has 23 heavy (non-hydrogen) atoms. The summed E-state index contributed by atoms with van der Waals surface area (Å²) in [6.07, 6.45) is 3.86. The number of furan rings is 1. The van der Waals surface area contributed by atoms with Gasteiger partial charge in [0, 0.05) is 32.8 Å². The molecule has 1 aromatic rings. The number of likely N-dealkylation sites (tertiary alicyclic amines) is 1. The van der Waals surface area contributed by atoms with E-state index in [0.717, 1.165) is 44.3 Å². The molecule has 1 saturated heterocycles. The molecule has 6 heteroatoms. The number of nitrogens with one attached hydrogen (secondary N) is 2. The van der Waals surface area contributed by atoms with Gasteiger partial charge in [-0.15, -0.1) is 0 Å². The first-order valence-corrected chi connectivity index (χ1v) is 8.58. The van der Waals surface area contributed by atoms with Gasteiger partial charge in [-0.1, -0.05) is 0 Å². The third-order valence-corrected chi connectivity index (χ3v) is 3.92. The van der Waals surface area contributed by atoms with E-state index in [4.69, 9.17) is 14.1 Å². The molecule has 1 aliphatic heterocycles. The highest BCUT2D eigenvalue weighted by Gasteiger charge is 2.18. The average molecular weight is 322 g/mol. The monoisotopic (exact) mass is 322 g/mol. The van der Waals surface area contributed by atoms with E-state index in [0.29, 0.717) is 19.1 Å². The molecule has 2 rings (SSSR count). The largest absolute Gasteiger partial charge is 0.467 e. The Bertz CT molecular complexity index is 447. The minimum absolute atomic E-state index is 0.538. The lowest BCUT2D eigenvalue weighted by molar-refractivity contribution is 0.105. The number of hydrogen-bond donors (Lipinski definition) is 2. The fraction of sp³-hybridized carbons (Fsp3) is 0.706. The van der Waals surface area contributed by atoms with Crippen molar-refractivity contribution in [3.63, 3.8) is 0 Å². The predicted molar refractivity (Wildman–Crippen MR) is 92.6 cm³/mol. The van der Waals surface area contributed by atoms with E-state index >= 15 is 0 Å². The number of aliphatic imine (C=N–C) groups is 1. The number of nitrogens with zero attached hydrogens (tertiary/aromatic N) is 2. The molecule has 2 heterocycles. The summed E-state index contributed by atoms with van der Waals surface area (Å²) in [7, 11) is 2.18. The highest BCUT2D eigenvalue weighted by Crippen LogP contribution is 2.14. The van der Waals surface area contributed by atoms with Gasteiger partial charge in [-0.05, 0) is 51.4 Å². The average Bonchev–Trinajstić information content (AvgIpc) is 3.19. The van der Waals surface area contributed by atoms with Crippen LogP contribution in [-0.4, -0.2) is 57.2 Å². The zero-order valence-corrected chi connectivity index (χ0v) is 14.4. The second kappa shape index (κ2) is 10.3. The van der Waals surface area contributed by atoms with Crippen LogP contribution in [0.25, 0.3) is 0 Å². The molecule has 0 saturated carbocycles. The number of ether oxygens (including phenoxy) is 1. The van der Waals surface area contributed by atoms with Crippen LogP contribution in [-0.2, 0) is 11.3 Å². The van der Waals surface area contributed by atoms with Gasteiger partial charge < -0.3 is 24.7 Å². The van der Waals surface area contributed by atoms with Gasteiger partial charge in [-0.2, -0.15) is 0 Å². The van der Waals surface area contributed by atoms with Crippen LogP contribution in [0.15, 0.2) is 27.8 Å². The van der Waals surface area contributed by atoms with Crippen LogP contribution >= 0.6 is 0 Å². The Morgan fingerprint density at radius 3 is 3.09 bits per heavy atom. The van der Waals surface area contributed by atoms with Gasteiger partial charge in [0.25, 0.3) is 0 Å². The smallest absolute Gasteiger partial charge is 0.191 e. The number of hydrogen-bond acceptors (Lipinski definition) is 4. The molecule has 2 N–H and O–H groups in total. The third kappa shape index (κ3) is 7.05. The molecule has 130 valence electrons. The van der Waals surface area contributed by atoms with Gasteiger partial charge in [-0.25, -0.2) is 0 Å². The summed E-state index contributed by atoms with van der Waals surface area (Å²) >= 11 is 0. The molecule has 0 radical (unpaired) electrons. The summed E-state index contributed by atoms with van der Waals surface area (Å²) in [6.45, 7) is 8.32. The molecular formula is C17H30N4O2. The fourth-order valence-electron chi connectivity index (χ4n) is 2.69. The number of guanidine groups is 1. The Balaban J connectivity index is 1.58. The molecule has 1 atom stereocenters. The molecule has 1 unspecified atom stereocenters. The summed E-state index contributed by atoms with van der Waals surface area (Å²) in [5.74, 6) is 2.47. The maximum Gasteiger partial charge on any atom is 0.191 e. The summed E-state index contributed by atoms with van der Waals surface area (Å²) in [6, 6.07) is 3.80. The van der Waals surface area contributed by atoms with Crippen molar-refractivity contribution in [3.8, 4) is 0 Å². The van der Waals surface area contributed by atoms with Crippen molar-refractivity contribution in [1.29, 1.82) is 0 Å². The quantitative estimate of drug-likeness (QED) is 0.412. The van der Waals surface area contributed by atoms with Gasteiger partial charge in [0.2, 0.25) is 0 Å². The van der Waals surface area contributed by atoms with Crippen molar-refractivity contribution < 1.29 is 9.15 Å². The molecule has 0 aliphatic carbocycles. The summed E-state index contributed by atoms with van der Waals surface area (Å²) in [5.41, 5.74) is 0. The van der Waals surface area contributed by atoms with Crippen LogP contribution in [0.3, 0.4) is 0 Å². The Morgan fingerprint density at radius 2 is 2.39 bits per heavy atom. The molecule has 0 bridgehead atoms. The van der Waals surface area contributed by atoms with Gasteiger partial charge in [0.1, 0.15) is 12.4 Å². The van der Waals surface area contributed by atoms with Crippen LogP contribution in [0.2, 0.25) is 0 Å². The topological polar surface area (TPSA) is 62.0 Å². The Labute approximate surface area is 139 Å². The maximum absolute atomic E-state index is 5.57. The van der Waals surface area contributed by atoms with E-state index in [1.165, 1.54) is 13.0 Å². The third-order valence-electron chi connectivity index (χ3n) is 3.92. The van der Waals surface area contributed by atoms with Crippen molar-refractivity contribution in [1.82, 2.24) is 15.5 Å². The first-order valence-electron chi connectivity index (χ1n) is 8.58.